The number of aromatic nitrogens is 1. The van der Waals surface area contributed by atoms with Crippen molar-refractivity contribution in [1.29, 1.82) is 0 Å². The van der Waals surface area contributed by atoms with Gasteiger partial charge in [-0.15, -0.1) is 0 Å². The van der Waals surface area contributed by atoms with Gasteiger partial charge in [-0.25, -0.2) is 18.1 Å². The molecule has 1 aromatic heterocycles. The Kier molecular flexibility index (Phi) is 9.28. The lowest BCUT2D eigenvalue weighted by Crippen LogP contribution is -2.23. The molecule has 1 aliphatic carbocycles. The van der Waals surface area contributed by atoms with Crippen LogP contribution in [0, 0.1) is 24.5 Å². The Bertz CT molecular complexity index is 954. The third-order valence-corrected chi connectivity index (χ3v) is 6.69. The quantitative estimate of drug-likeness (QED) is 0.346. The molecule has 1 heterocycles. The van der Waals surface area contributed by atoms with Gasteiger partial charge in [0, 0.05) is 30.1 Å². The lowest BCUT2D eigenvalue weighted by Gasteiger charge is -2.22. The summed E-state index contributed by atoms with van der Waals surface area (Å²) in [5, 5.41) is 4.56. The number of nitrogens with zero attached hydrogens (tertiary/aromatic N) is 2. The SMILES string of the molecule is CC(C)CN(CCCN)Sc1ccc2nc(NC3CC3)sc2c1.Cc1cc(F)cc(F)c1. The molecular weight excluding hydrogens is 446 g/mol. The van der Waals surface area contributed by atoms with Crippen LogP contribution in [0.15, 0.2) is 41.3 Å². The van der Waals surface area contributed by atoms with Gasteiger partial charge < -0.3 is 11.1 Å². The van der Waals surface area contributed by atoms with Crippen molar-refractivity contribution < 1.29 is 8.78 Å². The second kappa shape index (κ2) is 11.9. The standard InChI is InChI=1S/C17H26N4S2.C7H6F2/c1-12(2)11-21(9-3-8-18)23-14-6-7-15-16(10-14)22-17(20-15)19-13-4-5-13;1-5-2-6(8)4-7(9)3-5/h6-7,10,12-13H,3-5,8-9,11,18H2,1-2H3,(H,19,20);2-4H,1H3. The largest absolute Gasteiger partial charge is 0.359 e. The molecule has 8 heteroatoms. The maximum Gasteiger partial charge on any atom is 0.184 e. The van der Waals surface area contributed by atoms with Crippen molar-refractivity contribution in [2.75, 3.05) is 25.0 Å². The molecule has 2 aromatic carbocycles. The molecule has 0 saturated heterocycles. The summed E-state index contributed by atoms with van der Waals surface area (Å²) in [6.45, 7) is 9.04. The maximum absolute atomic E-state index is 12.2. The van der Waals surface area contributed by atoms with E-state index in [0.29, 0.717) is 17.5 Å². The minimum atomic E-state index is -0.521. The van der Waals surface area contributed by atoms with Crippen LogP contribution in [0.25, 0.3) is 10.2 Å². The normalized spacial score (nSPS) is 13.5. The topological polar surface area (TPSA) is 54.2 Å². The maximum atomic E-state index is 12.2. The minimum absolute atomic E-state index is 0.521. The fraction of sp³-hybridized carbons (Fsp3) is 0.458. The van der Waals surface area contributed by atoms with Crippen molar-refractivity contribution in [3.8, 4) is 0 Å². The van der Waals surface area contributed by atoms with Crippen LogP contribution in [-0.4, -0.2) is 35.0 Å². The zero-order valence-electron chi connectivity index (χ0n) is 18.9. The number of halogens is 2. The molecule has 3 aromatic rings. The lowest BCUT2D eigenvalue weighted by atomic mass is 10.2. The second-order valence-corrected chi connectivity index (χ2v) is 10.7. The van der Waals surface area contributed by atoms with E-state index < -0.39 is 11.6 Å². The fourth-order valence-corrected chi connectivity index (χ4v) is 5.36. The molecule has 0 bridgehead atoms. The number of hydrogen-bond acceptors (Lipinski definition) is 6. The zero-order valence-corrected chi connectivity index (χ0v) is 20.5. The number of fused-ring (bicyclic) bond motifs is 1. The Morgan fingerprint density at radius 1 is 1.19 bits per heavy atom. The van der Waals surface area contributed by atoms with Crippen molar-refractivity contribution in [2.24, 2.45) is 11.7 Å². The first-order valence-corrected chi connectivity index (χ1v) is 12.6. The first-order chi connectivity index (χ1) is 15.3. The predicted molar refractivity (Wildman–Crippen MR) is 133 cm³/mol. The number of thiazole rings is 1. The fourth-order valence-electron chi connectivity index (χ4n) is 3.12. The highest BCUT2D eigenvalue weighted by atomic mass is 32.2. The zero-order chi connectivity index (χ0) is 23.1. The molecule has 0 unspecified atom stereocenters. The molecule has 0 amide bonds. The van der Waals surface area contributed by atoms with Crippen molar-refractivity contribution in [3.05, 3.63) is 53.6 Å². The summed E-state index contributed by atoms with van der Waals surface area (Å²) in [7, 11) is 0. The number of nitrogens with one attached hydrogen (secondary N) is 1. The molecule has 1 fully saturated rings. The first-order valence-electron chi connectivity index (χ1n) is 11.0. The molecular formula is C24H32F2N4S2. The van der Waals surface area contributed by atoms with E-state index >= 15 is 0 Å². The van der Waals surface area contributed by atoms with Crippen molar-refractivity contribution in [1.82, 2.24) is 9.29 Å². The number of rotatable bonds is 9. The number of nitrogens with two attached hydrogens (primary N) is 1. The van der Waals surface area contributed by atoms with Crippen LogP contribution in [0.2, 0.25) is 0 Å². The Balaban J connectivity index is 0.000000269. The highest BCUT2D eigenvalue weighted by Crippen LogP contribution is 2.34. The molecule has 0 spiro atoms. The summed E-state index contributed by atoms with van der Waals surface area (Å²) in [4.78, 5) is 5.97. The molecule has 4 rings (SSSR count). The van der Waals surface area contributed by atoms with Gasteiger partial charge in [0.05, 0.1) is 10.2 Å². The highest BCUT2D eigenvalue weighted by molar-refractivity contribution is 7.97. The van der Waals surface area contributed by atoms with Crippen LogP contribution in [0.1, 0.15) is 38.7 Å². The highest BCUT2D eigenvalue weighted by Gasteiger charge is 2.22. The Hall–Kier alpha value is -1.74. The first kappa shape index (κ1) is 24.9. The average Bonchev–Trinajstić information content (AvgIpc) is 3.42. The average molecular weight is 479 g/mol. The van der Waals surface area contributed by atoms with Crippen LogP contribution in [0.5, 0.6) is 0 Å². The number of benzene rings is 2. The summed E-state index contributed by atoms with van der Waals surface area (Å²) in [5.74, 6) is -0.387. The van der Waals surface area contributed by atoms with Gasteiger partial charge in [-0.05, 0) is 86.5 Å². The molecule has 1 aliphatic rings. The van der Waals surface area contributed by atoms with Gasteiger partial charge in [-0.1, -0.05) is 25.2 Å². The summed E-state index contributed by atoms with van der Waals surface area (Å²) in [5.41, 5.74) is 7.37. The van der Waals surface area contributed by atoms with E-state index in [1.807, 2.05) is 11.9 Å². The smallest absolute Gasteiger partial charge is 0.184 e. The third-order valence-electron chi connectivity index (χ3n) is 4.69. The molecule has 1 saturated carbocycles. The van der Waals surface area contributed by atoms with Gasteiger partial charge in [0.25, 0.3) is 0 Å². The third kappa shape index (κ3) is 8.31. The van der Waals surface area contributed by atoms with E-state index in [2.05, 4.69) is 46.7 Å². The van der Waals surface area contributed by atoms with E-state index in [4.69, 9.17) is 5.73 Å². The van der Waals surface area contributed by atoms with E-state index in [0.717, 1.165) is 42.8 Å². The van der Waals surface area contributed by atoms with Gasteiger partial charge in [0.1, 0.15) is 11.6 Å². The van der Waals surface area contributed by atoms with Crippen molar-refractivity contribution >= 4 is 38.6 Å². The second-order valence-electron chi connectivity index (χ2n) is 8.53. The van der Waals surface area contributed by atoms with Crippen LogP contribution >= 0.6 is 23.3 Å². The van der Waals surface area contributed by atoms with E-state index in [1.165, 1.54) is 34.6 Å². The van der Waals surface area contributed by atoms with Crippen LogP contribution in [0.4, 0.5) is 13.9 Å². The number of aryl methyl sites for hydroxylation is 1. The van der Waals surface area contributed by atoms with E-state index in [9.17, 15) is 8.78 Å². The van der Waals surface area contributed by atoms with Crippen molar-refractivity contribution in [2.45, 2.75) is 51.0 Å². The van der Waals surface area contributed by atoms with Crippen LogP contribution < -0.4 is 11.1 Å². The number of anilines is 1. The van der Waals surface area contributed by atoms with Crippen LogP contribution in [-0.2, 0) is 0 Å². The lowest BCUT2D eigenvalue weighted by molar-refractivity contribution is 0.402. The van der Waals surface area contributed by atoms with Gasteiger partial charge in [0.15, 0.2) is 5.13 Å². The van der Waals surface area contributed by atoms with Crippen molar-refractivity contribution in [3.63, 3.8) is 0 Å². The molecule has 0 radical (unpaired) electrons. The summed E-state index contributed by atoms with van der Waals surface area (Å²) >= 11 is 3.61. The minimum Gasteiger partial charge on any atom is -0.359 e. The van der Waals surface area contributed by atoms with Crippen LogP contribution in [0.3, 0.4) is 0 Å². The summed E-state index contributed by atoms with van der Waals surface area (Å²) < 4.78 is 28.1. The number of hydrogen-bond donors (Lipinski definition) is 2. The molecule has 0 aliphatic heterocycles. The Morgan fingerprint density at radius 2 is 1.91 bits per heavy atom. The molecule has 4 nitrogen and oxygen atoms in total. The summed E-state index contributed by atoms with van der Waals surface area (Å²) in [6.07, 6.45) is 3.60. The summed E-state index contributed by atoms with van der Waals surface area (Å²) in [6, 6.07) is 10.7. The molecule has 32 heavy (non-hydrogen) atoms. The Labute approximate surface area is 197 Å². The Morgan fingerprint density at radius 3 is 2.50 bits per heavy atom. The van der Waals surface area contributed by atoms with E-state index in [1.54, 1.807) is 18.3 Å². The molecule has 174 valence electrons. The molecule has 0 atom stereocenters. The van der Waals surface area contributed by atoms with Gasteiger partial charge in [-0.3, -0.25) is 0 Å². The van der Waals surface area contributed by atoms with Gasteiger partial charge in [-0.2, -0.15) is 0 Å². The molecule has 3 N–H and O–H groups in total. The van der Waals surface area contributed by atoms with Gasteiger partial charge in [0.2, 0.25) is 0 Å². The predicted octanol–water partition coefficient (Wildman–Crippen LogP) is 6.46. The monoisotopic (exact) mass is 478 g/mol. The van der Waals surface area contributed by atoms with Gasteiger partial charge >= 0.3 is 0 Å². The van der Waals surface area contributed by atoms with E-state index in [-0.39, 0.29) is 0 Å².